The molecule has 1 unspecified atom stereocenters. The predicted molar refractivity (Wildman–Crippen MR) is 79.0 cm³/mol. The summed E-state index contributed by atoms with van der Waals surface area (Å²) in [6.07, 6.45) is 0.929. The van der Waals surface area contributed by atoms with Crippen LogP contribution in [-0.4, -0.2) is 30.1 Å². The van der Waals surface area contributed by atoms with E-state index in [2.05, 4.69) is 4.99 Å². The molecule has 24 heavy (non-hydrogen) atoms. The molecular formula is C16H17F4NO3. The largest absolute Gasteiger partial charge is 0.465 e. The number of ketones is 1. The molecule has 0 saturated carbocycles. The van der Waals surface area contributed by atoms with Crippen molar-refractivity contribution >= 4 is 18.0 Å². The molecule has 1 atom stereocenters. The van der Waals surface area contributed by atoms with Gasteiger partial charge in [0.2, 0.25) is 0 Å². The summed E-state index contributed by atoms with van der Waals surface area (Å²) in [5.41, 5.74) is -1.76. The fourth-order valence-corrected chi connectivity index (χ4v) is 1.69. The molecule has 0 saturated heterocycles. The Kier molecular flexibility index (Phi) is 6.22. The van der Waals surface area contributed by atoms with Crippen molar-refractivity contribution in [2.45, 2.75) is 33.2 Å². The van der Waals surface area contributed by atoms with Crippen LogP contribution in [0.2, 0.25) is 0 Å². The monoisotopic (exact) mass is 347 g/mol. The molecule has 0 fully saturated rings. The highest BCUT2D eigenvalue weighted by Gasteiger charge is 2.32. The summed E-state index contributed by atoms with van der Waals surface area (Å²) in [5.74, 6) is -11.8. The summed E-state index contributed by atoms with van der Waals surface area (Å²) in [6.45, 7) is 6.44. The molecule has 0 aliphatic rings. The average Bonchev–Trinajstić information content (AvgIpc) is 2.48. The number of hydrogen-bond acceptors (Lipinski definition) is 4. The zero-order chi connectivity index (χ0) is 18.7. The Labute approximate surface area is 136 Å². The maximum absolute atomic E-state index is 13.8. The molecule has 1 aromatic rings. The summed E-state index contributed by atoms with van der Waals surface area (Å²) in [4.78, 5) is 28.2. The number of esters is 1. The number of nitrogens with zero attached hydrogens (tertiary/aromatic N) is 1. The highest BCUT2D eigenvalue weighted by Crippen LogP contribution is 2.22. The normalized spacial score (nSPS) is 13.2. The topological polar surface area (TPSA) is 55.7 Å². The first kappa shape index (κ1) is 19.8. The fraction of sp³-hybridized carbons (Fsp3) is 0.438. The highest BCUT2D eigenvalue weighted by molar-refractivity contribution is 6.18. The van der Waals surface area contributed by atoms with Crippen LogP contribution in [0, 0.1) is 29.2 Å². The van der Waals surface area contributed by atoms with Gasteiger partial charge in [0.1, 0.15) is 0 Å². The number of benzene rings is 1. The van der Waals surface area contributed by atoms with Gasteiger partial charge in [0.25, 0.3) is 0 Å². The first-order valence-corrected chi connectivity index (χ1v) is 7.08. The lowest BCUT2D eigenvalue weighted by molar-refractivity contribution is -0.143. The van der Waals surface area contributed by atoms with Crippen molar-refractivity contribution in [3.8, 4) is 0 Å². The number of rotatable bonds is 5. The van der Waals surface area contributed by atoms with E-state index in [1.165, 1.54) is 6.92 Å². The Morgan fingerprint density at radius 2 is 1.75 bits per heavy atom. The minimum absolute atomic E-state index is 0.0689. The smallest absolute Gasteiger partial charge is 0.322 e. The van der Waals surface area contributed by atoms with E-state index in [1.807, 2.05) is 0 Å². The number of Topliss-reactive ketones (excluding diaryl/α,β-unsaturated/α-hetero) is 1. The summed E-state index contributed by atoms with van der Waals surface area (Å²) in [5, 5.41) is 0. The van der Waals surface area contributed by atoms with Crippen LogP contribution >= 0.6 is 0 Å². The molecule has 1 aromatic carbocycles. The first-order valence-electron chi connectivity index (χ1n) is 7.08. The molecule has 0 amide bonds. The molecule has 132 valence electrons. The second kappa shape index (κ2) is 7.55. The van der Waals surface area contributed by atoms with Gasteiger partial charge in [-0.2, -0.15) is 0 Å². The van der Waals surface area contributed by atoms with Gasteiger partial charge in [0, 0.05) is 6.21 Å². The zero-order valence-electron chi connectivity index (χ0n) is 13.6. The molecule has 0 radical (unpaired) electrons. The van der Waals surface area contributed by atoms with Gasteiger partial charge < -0.3 is 4.74 Å². The molecule has 0 aromatic heterocycles. The van der Waals surface area contributed by atoms with Crippen LogP contribution in [0.1, 0.15) is 38.1 Å². The molecule has 0 bridgehead atoms. The van der Waals surface area contributed by atoms with Gasteiger partial charge in [-0.15, -0.1) is 0 Å². The van der Waals surface area contributed by atoms with E-state index in [-0.39, 0.29) is 12.7 Å². The lowest BCUT2D eigenvalue weighted by atomic mass is 9.97. The number of halogens is 4. The van der Waals surface area contributed by atoms with Gasteiger partial charge in [-0.1, -0.05) is 0 Å². The van der Waals surface area contributed by atoms with Crippen molar-refractivity contribution in [3.63, 3.8) is 0 Å². The summed E-state index contributed by atoms with van der Waals surface area (Å²) in [7, 11) is 0. The molecule has 0 aliphatic heterocycles. The maximum atomic E-state index is 13.8. The number of carbonyl (C=O) groups excluding carboxylic acids is 2. The molecule has 0 N–H and O–H groups in total. The van der Waals surface area contributed by atoms with Crippen molar-refractivity contribution in [3.05, 3.63) is 34.9 Å². The second-order valence-electron chi connectivity index (χ2n) is 5.89. The van der Waals surface area contributed by atoms with Crippen LogP contribution in [0.3, 0.4) is 0 Å². The van der Waals surface area contributed by atoms with Crippen molar-refractivity contribution in [2.75, 3.05) is 6.61 Å². The second-order valence-corrected chi connectivity index (χ2v) is 5.89. The third-order valence-corrected chi connectivity index (χ3v) is 2.80. The van der Waals surface area contributed by atoms with Crippen LogP contribution < -0.4 is 0 Å². The van der Waals surface area contributed by atoms with E-state index < -0.39 is 52.0 Å². The van der Waals surface area contributed by atoms with Crippen molar-refractivity contribution in [2.24, 2.45) is 10.9 Å². The van der Waals surface area contributed by atoms with E-state index in [4.69, 9.17) is 4.74 Å². The quantitative estimate of drug-likeness (QED) is 0.156. The van der Waals surface area contributed by atoms with Crippen LogP contribution in [-0.2, 0) is 9.53 Å². The number of hydrogen-bond donors (Lipinski definition) is 0. The van der Waals surface area contributed by atoms with Crippen molar-refractivity contribution < 1.29 is 31.9 Å². The maximum Gasteiger partial charge on any atom is 0.322 e. The average molecular weight is 347 g/mol. The van der Waals surface area contributed by atoms with E-state index in [9.17, 15) is 27.2 Å². The van der Waals surface area contributed by atoms with E-state index in [0.717, 1.165) is 6.21 Å². The predicted octanol–water partition coefficient (Wildman–Crippen LogP) is 3.47. The van der Waals surface area contributed by atoms with Crippen LogP contribution in [0.5, 0.6) is 0 Å². The summed E-state index contributed by atoms with van der Waals surface area (Å²) in [6, 6.07) is 0.202. The SMILES string of the molecule is CCOC(=O)C(C=NC(C)(C)C)C(=O)c1cc(F)c(F)c(F)c1F. The van der Waals surface area contributed by atoms with E-state index in [1.54, 1.807) is 20.8 Å². The Hall–Kier alpha value is -2.25. The van der Waals surface area contributed by atoms with Crippen LogP contribution in [0.25, 0.3) is 0 Å². The molecule has 0 aliphatic carbocycles. The lowest BCUT2D eigenvalue weighted by Crippen LogP contribution is -2.30. The third kappa shape index (κ3) is 4.62. The molecular weight excluding hydrogens is 330 g/mol. The molecule has 1 rings (SSSR count). The zero-order valence-corrected chi connectivity index (χ0v) is 13.6. The minimum atomic E-state index is -2.13. The van der Waals surface area contributed by atoms with Gasteiger partial charge in [-0.25, -0.2) is 17.6 Å². The fourth-order valence-electron chi connectivity index (χ4n) is 1.69. The van der Waals surface area contributed by atoms with Gasteiger partial charge in [0.15, 0.2) is 35.0 Å². The first-order chi connectivity index (χ1) is 11.0. The van der Waals surface area contributed by atoms with Crippen LogP contribution in [0.4, 0.5) is 17.6 Å². The van der Waals surface area contributed by atoms with E-state index in [0.29, 0.717) is 0 Å². The Morgan fingerprint density at radius 3 is 2.25 bits per heavy atom. The Morgan fingerprint density at radius 1 is 1.17 bits per heavy atom. The molecule has 8 heteroatoms. The molecule has 4 nitrogen and oxygen atoms in total. The Bertz CT molecular complexity index is 681. The summed E-state index contributed by atoms with van der Waals surface area (Å²) < 4.78 is 58.1. The van der Waals surface area contributed by atoms with E-state index >= 15 is 0 Å². The van der Waals surface area contributed by atoms with Gasteiger partial charge >= 0.3 is 5.97 Å². The van der Waals surface area contributed by atoms with Crippen molar-refractivity contribution in [1.82, 2.24) is 0 Å². The van der Waals surface area contributed by atoms with Crippen LogP contribution in [0.15, 0.2) is 11.1 Å². The van der Waals surface area contributed by atoms with Gasteiger partial charge in [-0.05, 0) is 33.8 Å². The lowest BCUT2D eigenvalue weighted by Gasteiger charge is -2.15. The van der Waals surface area contributed by atoms with Crippen molar-refractivity contribution in [1.29, 1.82) is 0 Å². The van der Waals surface area contributed by atoms with Gasteiger partial charge in [-0.3, -0.25) is 14.6 Å². The Balaban J connectivity index is 3.36. The highest BCUT2D eigenvalue weighted by atomic mass is 19.2. The number of ether oxygens (including phenoxy) is 1. The molecule has 0 spiro atoms. The van der Waals surface area contributed by atoms with Gasteiger partial charge in [0.05, 0.1) is 17.7 Å². The number of carbonyl (C=O) groups is 2. The standard InChI is InChI=1S/C16H17F4NO3/c1-5-24-15(23)9(7-21-16(2,3)4)14(22)8-6-10(17)12(19)13(20)11(8)18/h6-7,9H,5H2,1-4H3. The number of aliphatic imine (C=N–C) groups is 1. The third-order valence-electron chi connectivity index (χ3n) is 2.80. The minimum Gasteiger partial charge on any atom is -0.465 e. The summed E-state index contributed by atoms with van der Waals surface area (Å²) >= 11 is 0. The molecule has 0 heterocycles.